The summed E-state index contributed by atoms with van der Waals surface area (Å²) in [6, 6.07) is -0.643. The molecule has 13 heavy (non-hydrogen) atoms. The van der Waals surface area contributed by atoms with Crippen molar-refractivity contribution < 1.29 is 4.79 Å². The molecule has 0 aromatic rings. The van der Waals surface area contributed by atoms with Crippen molar-refractivity contribution in [2.45, 2.75) is 45.7 Å². The summed E-state index contributed by atoms with van der Waals surface area (Å²) in [5, 5.41) is 6.10. The lowest BCUT2D eigenvalue weighted by Crippen LogP contribution is -2.46. The van der Waals surface area contributed by atoms with Crippen molar-refractivity contribution in [2.75, 3.05) is 0 Å². The molecular formula is C8H16N4O. The van der Waals surface area contributed by atoms with Crippen LogP contribution in [-0.2, 0) is 4.79 Å². The van der Waals surface area contributed by atoms with Crippen LogP contribution in [0.5, 0.6) is 0 Å². The molecule has 0 radical (unpaired) electrons. The summed E-state index contributed by atoms with van der Waals surface area (Å²) in [4.78, 5) is 13.9. The van der Waals surface area contributed by atoms with Gasteiger partial charge in [0.05, 0.1) is 0 Å². The fraction of sp³-hybridized carbons (Fsp3) is 0.875. The Kier molecular flexibility index (Phi) is 4.28. The van der Waals surface area contributed by atoms with Crippen molar-refractivity contribution in [2.24, 2.45) is 5.11 Å². The minimum absolute atomic E-state index is 0.232. The number of hydrogen-bond acceptors (Lipinski definition) is 2. The Morgan fingerprint density at radius 2 is 2.23 bits per heavy atom. The third-order valence-electron chi connectivity index (χ3n) is 1.95. The van der Waals surface area contributed by atoms with Crippen LogP contribution in [0, 0.1) is 0 Å². The van der Waals surface area contributed by atoms with E-state index in [2.05, 4.69) is 15.3 Å². The molecule has 5 heteroatoms. The van der Waals surface area contributed by atoms with E-state index in [1.807, 2.05) is 20.8 Å². The molecule has 0 aliphatic carbocycles. The highest BCUT2D eigenvalue weighted by atomic mass is 16.2. The average Bonchev–Trinajstić information content (AvgIpc) is 2.04. The van der Waals surface area contributed by atoms with E-state index in [4.69, 9.17) is 5.53 Å². The fourth-order valence-corrected chi connectivity index (χ4v) is 0.656. The summed E-state index contributed by atoms with van der Waals surface area (Å²) in [5.41, 5.74) is 7.88. The molecule has 0 rings (SSSR count). The molecule has 0 aromatic carbocycles. The molecule has 0 aromatic heterocycles. The van der Waals surface area contributed by atoms with E-state index < -0.39 is 6.04 Å². The Bertz CT molecular complexity index is 230. The largest absolute Gasteiger partial charge is 0.351 e. The molecule has 0 saturated carbocycles. The van der Waals surface area contributed by atoms with Crippen LogP contribution in [0.2, 0.25) is 0 Å². The van der Waals surface area contributed by atoms with E-state index in [0.29, 0.717) is 0 Å². The maximum atomic E-state index is 11.3. The number of azide groups is 1. The normalized spacial score (nSPS) is 12.9. The first-order valence-corrected chi connectivity index (χ1v) is 4.29. The first kappa shape index (κ1) is 11.8. The van der Waals surface area contributed by atoms with Crippen LogP contribution in [0.3, 0.4) is 0 Å². The van der Waals surface area contributed by atoms with Crippen molar-refractivity contribution in [1.29, 1.82) is 0 Å². The second kappa shape index (κ2) is 4.72. The number of carbonyl (C=O) groups excluding carboxylic acids is 1. The van der Waals surface area contributed by atoms with E-state index in [0.717, 1.165) is 6.42 Å². The number of carbonyl (C=O) groups is 1. The molecule has 5 nitrogen and oxygen atoms in total. The lowest BCUT2D eigenvalue weighted by atomic mass is 10.0. The van der Waals surface area contributed by atoms with E-state index >= 15 is 0 Å². The van der Waals surface area contributed by atoms with E-state index in [9.17, 15) is 4.79 Å². The summed E-state index contributed by atoms with van der Waals surface area (Å²) in [6.45, 7) is 7.40. The molecule has 0 bridgehead atoms. The monoisotopic (exact) mass is 184 g/mol. The number of amides is 1. The second-order valence-corrected chi connectivity index (χ2v) is 3.61. The van der Waals surface area contributed by atoms with Crippen molar-refractivity contribution in [3.8, 4) is 0 Å². The van der Waals surface area contributed by atoms with Gasteiger partial charge in [0, 0.05) is 10.5 Å². The van der Waals surface area contributed by atoms with Gasteiger partial charge in [0.1, 0.15) is 6.04 Å². The molecule has 0 aliphatic heterocycles. The second-order valence-electron chi connectivity index (χ2n) is 3.61. The van der Waals surface area contributed by atoms with Crippen LogP contribution in [0.1, 0.15) is 34.1 Å². The Balaban J connectivity index is 4.22. The van der Waals surface area contributed by atoms with E-state index in [1.165, 1.54) is 0 Å². The maximum absolute atomic E-state index is 11.3. The Morgan fingerprint density at radius 3 is 2.62 bits per heavy atom. The zero-order valence-electron chi connectivity index (χ0n) is 8.53. The van der Waals surface area contributed by atoms with Crippen molar-refractivity contribution in [1.82, 2.24) is 5.32 Å². The Labute approximate surface area is 78.1 Å². The SMILES string of the molecule is CCC(C)(C)NC(=O)C(C)N=[N+]=[N-]. The van der Waals surface area contributed by atoms with Crippen molar-refractivity contribution in [3.63, 3.8) is 0 Å². The molecule has 1 unspecified atom stereocenters. The zero-order valence-corrected chi connectivity index (χ0v) is 8.53. The maximum Gasteiger partial charge on any atom is 0.229 e. The summed E-state index contributed by atoms with van der Waals surface area (Å²) in [6.07, 6.45) is 0.835. The molecule has 0 fully saturated rings. The van der Waals surface area contributed by atoms with E-state index in [-0.39, 0.29) is 11.4 Å². The third-order valence-corrected chi connectivity index (χ3v) is 1.95. The minimum Gasteiger partial charge on any atom is -0.351 e. The number of nitrogens with zero attached hydrogens (tertiary/aromatic N) is 3. The molecule has 0 heterocycles. The van der Waals surface area contributed by atoms with Gasteiger partial charge in [-0.1, -0.05) is 12.0 Å². The quantitative estimate of drug-likeness (QED) is 0.404. The van der Waals surface area contributed by atoms with Crippen LogP contribution in [0.15, 0.2) is 5.11 Å². The lowest BCUT2D eigenvalue weighted by Gasteiger charge is -2.25. The van der Waals surface area contributed by atoms with Crippen LogP contribution in [-0.4, -0.2) is 17.5 Å². The van der Waals surface area contributed by atoms with Crippen LogP contribution < -0.4 is 5.32 Å². The molecule has 0 spiro atoms. The smallest absolute Gasteiger partial charge is 0.229 e. The van der Waals surface area contributed by atoms with Gasteiger partial charge >= 0.3 is 0 Å². The van der Waals surface area contributed by atoms with Gasteiger partial charge in [0.2, 0.25) is 5.91 Å². The van der Waals surface area contributed by atoms with Crippen LogP contribution >= 0.6 is 0 Å². The highest BCUT2D eigenvalue weighted by molar-refractivity contribution is 5.82. The minimum atomic E-state index is -0.643. The molecule has 1 N–H and O–H groups in total. The van der Waals surface area contributed by atoms with Crippen molar-refractivity contribution in [3.05, 3.63) is 10.4 Å². The number of rotatable bonds is 4. The van der Waals surface area contributed by atoms with Gasteiger partial charge in [-0.05, 0) is 32.7 Å². The highest BCUT2D eigenvalue weighted by Crippen LogP contribution is 2.07. The summed E-state index contributed by atoms with van der Waals surface area (Å²) in [5.74, 6) is -0.232. The third kappa shape index (κ3) is 4.38. The van der Waals surface area contributed by atoms with E-state index in [1.54, 1.807) is 6.92 Å². The molecule has 1 amide bonds. The number of nitrogens with one attached hydrogen (secondary N) is 1. The molecule has 0 aliphatic rings. The van der Waals surface area contributed by atoms with Gasteiger partial charge < -0.3 is 5.32 Å². The topological polar surface area (TPSA) is 77.9 Å². The fourth-order valence-electron chi connectivity index (χ4n) is 0.656. The zero-order chi connectivity index (χ0) is 10.5. The van der Waals surface area contributed by atoms with Gasteiger partial charge in [-0.15, -0.1) is 0 Å². The lowest BCUT2D eigenvalue weighted by molar-refractivity contribution is -0.123. The van der Waals surface area contributed by atoms with Gasteiger partial charge in [-0.2, -0.15) is 0 Å². The first-order valence-electron chi connectivity index (χ1n) is 4.29. The van der Waals surface area contributed by atoms with Crippen molar-refractivity contribution >= 4 is 5.91 Å². The molecule has 0 saturated heterocycles. The Hall–Kier alpha value is -1.22. The summed E-state index contributed by atoms with van der Waals surface area (Å²) in [7, 11) is 0. The number of hydrogen-bond donors (Lipinski definition) is 1. The van der Waals surface area contributed by atoms with Gasteiger partial charge in [0.15, 0.2) is 0 Å². The van der Waals surface area contributed by atoms with Gasteiger partial charge in [-0.25, -0.2) is 0 Å². The van der Waals surface area contributed by atoms with Crippen LogP contribution in [0.25, 0.3) is 10.4 Å². The summed E-state index contributed by atoms with van der Waals surface area (Å²) >= 11 is 0. The predicted octanol–water partition coefficient (Wildman–Crippen LogP) is 1.99. The standard InChI is InChI=1S/C8H16N4O/c1-5-8(3,4)10-7(13)6(2)11-12-9/h6H,5H2,1-4H3,(H,10,13). The van der Waals surface area contributed by atoms with Gasteiger partial charge in [-0.3, -0.25) is 4.79 Å². The van der Waals surface area contributed by atoms with Gasteiger partial charge in [0.25, 0.3) is 0 Å². The Morgan fingerprint density at radius 1 is 1.69 bits per heavy atom. The first-order chi connectivity index (χ1) is 5.93. The highest BCUT2D eigenvalue weighted by Gasteiger charge is 2.20. The molecule has 74 valence electrons. The van der Waals surface area contributed by atoms with Crippen LogP contribution in [0.4, 0.5) is 0 Å². The predicted molar refractivity (Wildman–Crippen MR) is 51.1 cm³/mol. The molecular weight excluding hydrogens is 168 g/mol. The average molecular weight is 184 g/mol. The molecule has 1 atom stereocenters. The summed E-state index contributed by atoms with van der Waals surface area (Å²) < 4.78 is 0.